The molecule has 0 saturated carbocycles. The van der Waals surface area contributed by atoms with Crippen molar-refractivity contribution in [3.8, 4) is 0 Å². The Morgan fingerprint density at radius 1 is 1.70 bits per heavy atom. The second-order valence-electron chi connectivity index (χ2n) is 3.13. The summed E-state index contributed by atoms with van der Waals surface area (Å²) in [6.45, 7) is 5.05. The van der Waals surface area contributed by atoms with Crippen LogP contribution in [0.4, 0.5) is 0 Å². The van der Waals surface area contributed by atoms with Gasteiger partial charge in [-0.25, -0.2) is 0 Å². The number of hydrogen-bond acceptors (Lipinski definition) is 2. The summed E-state index contributed by atoms with van der Waals surface area (Å²) >= 11 is 0. The fourth-order valence-corrected chi connectivity index (χ4v) is 1.34. The van der Waals surface area contributed by atoms with Crippen molar-refractivity contribution in [2.45, 2.75) is 32.5 Å². The molecule has 1 aliphatic heterocycles. The van der Waals surface area contributed by atoms with E-state index in [-0.39, 0.29) is 5.79 Å². The molecule has 0 aliphatic carbocycles. The fourth-order valence-electron chi connectivity index (χ4n) is 1.34. The highest BCUT2D eigenvalue weighted by Gasteiger charge is 2.34. The minimum absolute atomic E-state index is 0.291. The molecule has 0 aromatic carbocycles. The van der Waals surface area contributed by atoms with Crippen molar-refractivity contribution in [2.24, 2.45) is 5.92 Å². The molecule has 2 heteroatoms. The van der Waals surface area contributed by atoms with Gasteiger partial charge in [-0.1, -0.05) is 13.3 Å². The maximum atomic E-state index is 5.47. The van der Waals surface area contributed by atoms with Crippen LogP contribution >= 0.6 is 0 Å². The molecule has 1 rings (SSSR count). The summed E-state index contributed by atoms with van der Waals surface area (Å²) < 4.78 is 10.7. The van der Waals surface area contributed by atoms with Crippen LogP contribution in [0.2, 0.25) is 0 Å². The van der Waals surface area contributed by atoms with Gasteiger partial charge in [-0.15, -0.1) is 0 Å². The van der Waals surface area contributed by atoms with Gasteiger partial charge < -0.3 is 9.47 Å². The average Bonchev–Trinajstić information content (AvgIpc) is 2.33. The average molecular weight is 144 g/mol. The van der Waals surface area contributed by atoms with Crippen LogP contribution in [-0.2, 0) is 9.47 Å². The van der Waals surface area contributed by atoms with Crippen molar-refractivity contribution >= 4 is 0 Å². The SMILES string of the molecule is CCC1CO[C@@](C)(OC)C1. The lowest BCUT2D eigenvalue weighted by Gasteiger charge is -2.20. The molecule has 0 aromatic rings. The third kappa shape index (κ3) is 1.50. The standard InChI is InChI=1S/C8H16O2/c1-4-7-5-8(2,9-3)10-6-7/h7H,4-6H2,1-3H3/t7?,8-/m1/s1. The molecule has 2 nitrogen and oxygen atoms in total. The molecule has 0 amide bonds. The van der Waals surface area contributed by atoms with Gasteiger partial charge in [-0.05, 0) is 12.8 Å². The largest absolute Gasteiger partial charge is 0.353 e. The lowest BCUT2D eigenvalue weighted by molar-refractivity contribution is -0.178. The van der Waals surface area contributed by atoms with Crippen LogP contribution in [0.25, 0.3) is 0 Å². The Bertz CT molecular complexity index is 114. The van der Waals surface area contributed by atoms with Crippen LogP contribution in [0.15, 0.2) is 0 Å². The fraction of sp³-hybridized carbons (Fsp3) is 1.00. The Labute approximate surface area is 62.5 Å². The summed E-state index contributed by atoms with van der Waals surface area (Å²) in [7, 11) is 1.71. The second-order valence-corrected chi connectivity index (χ2v) is 3.13. The molecule has 10 heavy (non-hydrogen) atoms. The van der Waals surface area contributed by atoms with Gasteiger partial charge in [0, 0.05) is 13.5 Å². The van der Waals surface area contributed by atoms with Crippen molar-refractivity contribution in [1.82, 2.24) is 0 Å². The van der Waals surface area contributed by atoms with Gasteiger partial charge in [-0.2, -0.15) is 0 Å². The molecule has 1 unspecified atom stereocenters. The lowest BCUT2D eigenvalue weighted by Crippen LogP contribution is -2.25. The summed E-state index contributed by atoms with van der Waals surface area (Å²) in [6.07, 6.45) is 2.24. The molecule has 0 aromatic heterocycles. The predicted molar refractivity (Wildman–Crippen MR) is 39.8 cm³/mol. The smallest absolute Gasteiger partial charge is 0.165 e. The predicted octanol–water partition coefficient (Wildman–Crippen LogP) is 1.80. The molecule has 0 bridgehead atoms. The van der Waals surface area contributed by atoms with E-state index in [1.165, 1.54) is 6.42 Å². The highest BCUT2D eigenvalue weighted by atomic mass is 16.7. The van der Waals surface area contributed by atoms with Crippen LogP contribution in [0, 0.1) is 5.92 Å². The summed E-state index contributed by atoms with van der Waals surface area (Å²) in [6, 6.07) is 0. The van der Waals surface area contributed by atoms with Gasteiger partial charge in [0.1, 0.15) is 0 Å². The zero-order chi connectivity index (χ0) is 7.61. The normalized spacial score (nSPS) is 40.5. The Balaban J connectivity index is 2.41. The molecule has 2 atom stereocenters. The first-order valence-electron chi connectivity index (χ1n) is 3.89. The van der Waals surface area contributed by atoms with E-state index in [0.717, 1.165) is 13.0 Å². The molecule has 1 saturated heterocycles. The van der Waals surface area contributed by atoms with Gasteiger partial charge in [0.15, 0.2) is 5.79 Å². The molecule has 1 fully saturated rings. The minimum Gasteiger partial charge on any atom is -0.353 e. The van der Waals surface area contributed by atoms with Gasteiger partial charge in [0.2, 0.25) is 0 Å². The summed E-state index contributed by atoms with van der Waals surface area (Å²) in [4.78, 5) is 0. The summed E-state index contributed by atoms with van der Waals surface area (Å²) in [5, 5.41) is 0. The van der Waals surface area contributed by atoms with E-state index in [2.05, 4.69) is 6.92 Å². The quantitative estimate of drug-likeness (QED) is 0.588. The first-order valence-corrected chi connectivity index (χ1v) is 3.89. The van der Waals surface area contributed by atoms with Crippen LogP contribution in [0.1, 0.15) is 26.7 Å². The summed E-state index contributed by atoms with van der Waals surface area (Å²) in [5.74, 6) is 0.408. The number of methoxy groups -OCH3 is 1. The van der Waals surface area contributed by atoms with Crippen LogP contribution in [-0.4, -0.2) is 19.5 Å². The van der Waals surface area contributed by atoms with E-state index in [4.69, 9.17) is 9.47 Å². The van der Waals surface area contributed by atoms with Gasteiger partial charge in [-0.3, -0.25) is 0 Å². The third-order valence-corrected chi connectivity index (χ3v) is 2.29. The van der Waals surface area contributed by atoms with E-state index in [9.17, 15) is 0 Å². The van der Waals surface area contributed by atoms with E-state index in [1.807, 2.05) is 6.92 Å². The topological polar surface area (TPSA) is 18.5 Å². The molecule has 1 aliphatic rings. The number of rotatable bonds is 2. The van der Waals surface area contributed by atoms with Crippen LogP contribution in [0.5, 0.6) is 0 Å². The van der Waals surface area contributed by atoms with E-state index >= 15 is 0 Å². The molecule has 60 valence electrons. The van der Waals surface area contributed by atoms with E-state index < -0.39 is 0 Å². The van der Waals surface area contributed by atoms with Crippen molar-refractivity contribution in [3.63, 3.8) is 0 Å². The first-order chi connectivity index (χ1) is 4.70. The Kier molecular flexibility index (Phi) is 2.32. The van der Waals surface area contributed by atoms with E-state index in [1.54, 1.807) is 7.11 Å². The summed E-state index contributed by atoms with van der Waals surface area (Å²) in [5.41, 5.74) is 0. The highest BCUT2D eigenvalue weighted by molar-refractivity contribution is 4.75. The maximum absolute atomic E-state index is 5.47. The van der Waals surface area contributed by atoms with E-state index in [0.29, 0.717) is 5.92 Å². The van der Waals surface area contributed by atoms with Crippen molar-refractivity contribution < 1.29 is 9.47 Å². The molecular formula is C8H16O2. The monoisotopic (exact) mass is 144 g/mol. The molecule has 1 heterocycles. The Morgan fingerprint density at radius 3 is 2.70 bits per heavy atom. The highest BCUT2D eigenvalue weighted by Crippen LogP contribution is 2.31. The zero-order valence-corrected chi connectivity index (χ0v) is 7.02. The zero-order valence-electron chi connectivity index (χ0n) is 7.02. The lowest BCUT2D eigenvalue weighted by atomic mass is 10.0. The minimum atomic E-state index is -0.291. The van der Waals surface area contributed by atoms with Gasteiger partial charge in [0.05, 0.1) is 6.61 Å². The van der Waals surface area contributed by atoms with Crippen molar-refractivity contribution in [3.05, 3.63) is 0 Å². The number of hydrogen-bond donors (Lipinski definition) is 0. The van der Waals surface area contributed by atoms with Gasteiger partial charge in [0.25, 0.3) is 0 Å². The van der Waals surface area contributed by atoms with Crippen molar-refractivity contribution in [2.75, 3.05) is 13.7 Å². The van der Waals surface area contributed by atoms with Crippen LogP contribution < -0.4 is 0 Å². The molecular weight excluding hydrogens is 128 g/mol. The Morgan fingerprint density at radius 2 is 2.40 bits per heavy atom. The van der Waals surface area contributed by atoms with Gasteiger partial charge >= 0.3 is 0 Å². The molecule has 0 N–H and O–H groups in total. The number of ether oxygens (including phenoxy) is 2. The third-order valence-electron chi connectivity index (χ3n) is 2.29. The second kappa shape index (κ2) is 2.89. The first kappa shape index (κ1) is 8.02. The molecule has 0 radical (unpaired) electrons. The van der Waals surface area contributed by atoms with Crippen LogP contribution in [0.3, 0.4) is 0 Å². The van der Waals surface area contributed by atoms with Crippen molar-refractivity contribution in [1.29, 1.82) is 0 Å². The maximum Gasteiger partial charge on any atom is 0.165 e. The molecule has 0 spiro atoms. The Hall–Kier alpha value is -0.0800.